The molecule has 0 atom stereocenters. The first kappa shape index (κ1) is 21.2. The Labute approximate surface area is 192 Å². The Morgan fingerprint density at radius 1 is 1.00 bits per heavy atom. The van der Waals surface area contributed by atoms with E-state index in [1.807, 2.05) is 6.07 Å². The molecular formula is C26H27N5O2. The number of rotatable bonds is 5. The van der Waals surface area contributed by atoms with Crippen molar-refractivity contribution >= 4 is 16.9 Å². The van der Waals surface area contributed by atoms with Crippen LogP contribution in [-0.2, 0) is 13.6 Å². The van der Waals surface area contributed by atoms with Crippen LogP contribution in [0.1, 0.15) is 28.9 Å². The zero-order chi connectivity index (χ0) is 22.8. The fourth-order valence-electron chi connectivity index (χ4n) is 4.47. The van der Waals surface area contributed by atoms with Crippen LogP contribution < -0.4 is 5.32 Å². The number of carbonyl (C=O) groups is 1. The van der Waals surface area contributed by atoms with Gasteiger partial charge < -0.3 is 10.4 Å². The first-order valence-electron chi connectivity index (χ1n) is 11.3. The van der Waals surface area contributed by atoms with Crippen molar-refractivity contribution in [1.29, 1.82) is 0 Å². The summed E-state index contributed by atoms with van der Waals surface area (Å²) >= 11 is 0. The average molecular weight is 442 g/mol. The standard InChI is InChI=1S/C26H27N5O2/c1-30-25-22(11-12-23(32)28-25)24(29-30)26(33)27-21-13-15-31(16-14-21)17-18-7-9-20(10-8-18)19-5-3-2-4-6-19/h2-12,21H,13-17H2,1H3,(H,27,33)(H,28,32). The number of amides is 1. The Bertz CT molecular complexity index is 1260. The Morgan fingerprint density at radius 3 is 2.42 bits per heavy atom. The summed E-state index contributed by atoms with van der Waals surface area (Å²) in [7, 11) is 1.72. The van der Waals surface area contributed by atoms with Crippen molar-refractivity contribution in [1.82, 2.24) is 25.0 Å². The second kappa shape index (κ2) is 9.03. The van der Waals surface area contributed by atoms with Crippen molar-refractivity contribution < 1.29 is 9.90 Å². The molecule has 2 N–H and O–H groups in total. The van der Waals surface area contributed by atoms with Crippen LogP contribution in [0.2, 0.25) is 0 Å². The summed E-state index contributed by atoms with van der Waals surface area (Å²) in [5.74, 6) is -0.275. The fraction of sp³-hybridized carbons (Fsp3) is 0.269. The van der Waals surface area contributed by atoms with E-state index in [1.54, 1.807) is 13.1 Å². The number of benzene rings is 2. The van der Waals surface area contributed by atoms with Gasteiger partial charge in [-0.2, -0.15) is 10.1 Å². The van der Waals surface area contributed by atoms with Crippen molar-refractivity contribution in [3.8, 4) is 17.0 Å². The zero-order valence-electron chi connectivity index (χ0n) is 18.6. The highest BCUT2D eigenvalue weighted by Crippen LogP contribution is 2.22. The molecule has 0 aliphatic carbocycles. The van der Waals surface area contributed by atoms with Gasteiger partial charge in [-0.05, 0) is 35.6 Å². The third-order valence-electron chi connectivity index (χ3n) is 6.28. The molecule has 1 fully saturated rings. The number of nitrogens with zero attached hydrogens (tertiary/aromatic N) is 4. The lowest BCUT2D eigenvalue weighted by Crippen LogP contribution is -2.44. The molecular weight excluding hydrogens is 414 g/mol. The minimum absolute atomic E-state index is 0.0838. The SMILES string of the molecule is Cn1nc(C(=O)NC2CCN(Cc3ccc(-c4ccccc4)cc3)CC2)c2ccc(O)nc21. The quantitative estimate of drug-likeness (QED) is 0.493. The first-order valence-corrected chi connectivity index (χ1v) is 11.3. The first-order chi connectivity index (χ1) is 16.1. The van der Waals surface area contributed by atoms with E-state index in [0.29, 0.717) is 16.7 Å². The van der Waals surface area contributed by atoms with E-state index in [9.17, 15) is 9.90 Å². The van der Waals surface area contributed by atoms with Gasteiger partial charge in [0.25, 0.3) is 5.91 Å². The molecule has 168 valence electrons. The van der Waals surface area contributed by atoms with Crippen molar-refractivity contribution in [3.63, 3.8) is 0 Å². The van der Waals surface area contributed by atoms with Gasteiger partial charge in [0.2, 0.25) is 5.88 Å². The molecule has 1 amide bonds. The minimum atomic E-state index is -0.192. The van der Waals surface area contributed by atoms with Gasteiger partial charge in [-0.15, -0.1) is 0 Å². The number of likely N-dealkylation sites (tertiary alicyclic amines) is 1. The van der Waals surface area contributed by atoms with E-state index in [1.165, 1.54) is 27.4 Å². The Kier molecular flexibility index (Phi) is 5.79. The summed E-state index contributed by atoms with van der Waals surface area (Å²) in [6.07, 6.45) is 1.80. The van der Waals surface area contributed by atoms with Crippen LogP contribution in [0.5, 0.6) is 5.88 Å². The monoisotopic (exact) mass is 441 g/mol. The maximum absolute atomic E-state index is 12.9. The molecule has 4 aromatic rings. The molecule has 5 rings (SSSR count). The van der Waals surface area contributed by atoms with Crippen molar-refractivity contribution in [2.75, 3.05) is 13.1 Å². The lowest BCUT2D eigenvalue weighted by molar-refractivity contribution is 0.0904. The van der Waals surface area contributed by atoms with Crippen molar-refractivity contribution in [3.05, 3.63) is 78.0 Å². The normalized spacial score (nSPS) is 15.1. The van der Waals surface area contributed by atoms with E-state index in [2.05, 4.69) is 68.8 Å². The van der Waals surface area contributed by atoms with E-state index in [-0.39, 0.29) is 17.8 Å². The van der Waals surface area contributed by atoms with Gasteiger partial charge in [0.05, 0.1) is 5.39 Å². The molecule has 0 unspecified atom stereocenters. The average Bonchev–Trinajstić information content (AvgIpc) is 3.17. The van der Waals surface area contributed by atoms with Crippen molar-refractivity contribution in [2.45, 2.75) is 25.4 Å². The molecule has 7 heteroatoms. The van der Waals surface area contributed by atoms with Crippen LogP contribution in [0.25, 0.3) is 22.2 Å². The second-order valence-corrected chi connectivity index (χ2v) is 8.60. The summed E-state index contributed by atoms with van der Waals surface area (Å²) in [5, 5.41) is 17.7. The van der Waals surface area contributed by atoms with E-state index >= 15 is 0 Å². The number of aromatic hydroxyl groups is 1. The van der Waals surface area contributed by atoms with Gasteiger partial charge in [0.1, 0.15) is 0 Å². The van der Waals surface area contributed by atoms with Crippen molar-refractivity contribution in [2.24, 2.45) is 7.05 Å². The third kappa shape index (κ3) is 4.59. The van der Waals surface area contributed by atoms with Crippen LogP contribution >= 0.6 is 0 Å². The highest BCUT2D eigenvalue weighted by Gasteiger charge is 2.24. The molecule has 0 spiro atoms. The van der Waals surface area contributed by atoms with Gasteiger partial charge in [0.15, 0.2) is 11.3 Å². The molecule has 1 aliphatic heterocycles. The Balaban J connectivity index is 1.16. The van der Waals surface area contributed by atoms with Gasteiger partial charge in [-0.1, -0.05) is 54.6 Å². The highest BCUT2D eigenvalue weighted by molar-refractivity contribution is 6.04. The van der Waals surface area contributed by atoms with Gasteiger partial charge in [0, 0.05) is 38.8 Å². The molecule has 1 aliphatic rings. The molecule has 0 saturated carbocycles. The topological polar surface area (TPSA) is 83.3 Å². The lowest BCUT2D eigenvalue weighted by atomic mass is 10.0. The number of hydrogen-bond acceptors (Lipinski definition) is 5. The number of aryl methyl sites for hydroxylation is 1. The molecule has 33 heavy (non-hydrogen) atoms. The summed E-state index contributed by atoms with van der Waals surface area (Å²) in [6, 6.07) is 22.5. The minimum Gasteiger partial charge on any atom is -0.493 e. The number of carbonyl (C=O) groups excluding carboxylic acids is 1. The van der Waals surface area contributed by atoms with Gasteiger partial charge in [-0.3, -0.25) is 9.69 Å². The van der Waals surface area contributed by atoms with E-state index < -0.39 is 0 Å². The summed E-state index contributed by atoms with van der Waals surface area (Å²) in [4.78, 5) is 19.4. The number of aromatic nitrogens is 3. The zero-order valence-corrected chi connectivity index (χ0v) is 18.6. The number of piperidine rings is 1. The summed E-state index contributed by atoms with van der Waals surface area (Å²) < 4.78 is 1.52. The second-order valence-electron chi connectivity index (χ2n) is 8.60. The largest absolute Gasteiger partial charge is 0.493 e. The number of nitrogens with one attached hydrogen (secondary N) is 1. The third-order valence-corrected chi connectivity index (χ3v) is 6.28. The van der Waals surface area contributed by atoms with Gasteiger partial charge >= 0.3 is 0 Å². The molecule has 7 nitrogen and oxygen atoms in total. The summed E-state index contributed by atoms with van der Waals surface area (Å²) in [6.45, 7) is 2.78. The lowest BCUT2D eigenvalue weighted by Gasteiger charge is -2.32. The number of pyridine rings is 1. The van der Waals surface area contributed by atoms with Crippen LogP contribution in [0, 0.1) is 0 Å². The number of hydrogen-bond donors (Lipinski definition) is 2. The Morgan fingerprint density at radius 2 is 1.70 bits per heavy atom. The predicted molar refractivity (Wildman–Crippen MR) is 128 cm³/mol. The predicted octanol–water partition coefficient (Wildman–Crippen LogP) is 3.74. The van der Waals surface area contributed by atoms with E-state index in [4.69, 9.17) is 0 Å². The van der Waals surface area contributed by atoms with Crippen LogP contribution in [0.15, 0.2) is 66.7 Å². The maximum Gasteiger partial charge on any atom is 0.272 e. The number of fused-ring (bicyclic) bond motifs is 1. The molecule has 0 bridgehead atoms. The smallest absolute Gasteiger partial charge is 0.272 e. The molecule has 1 saturated heterocycles. The highest BCUT2D eigenvalue weighted by atomic mass is 16.3. The molecule has 0 radical (unpaired) electrons. The maximum atomic E-state index is 12.9. The molecule has 2 aromatic heterocycles. The van der Waals surface area contributed by atoms with Gasteiger partial charge in [-0.25, -0.2) is 4.68 Å². The fourth-order valence-corrected chi connectivity index (χ4v) is 4.47. The molecule has 2 aromatic carbocycles. The van der Waals surface area contributed by atoms with E-state index in [0.717, 1.165) is 32.5 Å². The summed E-state index contributed by atoms with van der Waals surface area (Å²) in [5.41, 5.74) is 4.60. The van der Waals surface area contributed by atoms with Crippen LogP contribution in [0.4, 0.5) is 0 Å². The van der Waals surface area contributed by atoms with Crippen LogP contribution in [-0.4, -0.2) is 49.8 Å². The van der Waals surface area contributed by atoms with Crippen LogP contribution in [0.3, 0.4) is 0 Å². The Hall–Kier alpha value is -3.71. The molecule has 3 heterocycles.